The number of benzene rings is 2. The Hall–Kier alpha value is -1.96. The molecule has 6 heteroatoms. The van der Waals surface area contributed by atoms with Gasteiger partial charge in [0.2, 0.25) is 0 Å². The molecule has 1 unspecified atom stereocenters. The van der Waals surface area contributed by atoms with E-state index >= 15 is 0 Å². The topological polar surface area (TPSA) is 58.6 Å². The normalized spacial score (nSPS) is 11.6. The van der Waals surface area contributed by atoms with Gasteiger partial charge >= 0.3 is 8.25 Å². The van der Waals surface area contributed by atoms with Crippen molar-refractivity contribution in [3.05, 3.63) is 71.0 Å². The van der Waals surface area contributed by atoms with E-state index in [1.165, 1.54) is 11.6 Å². The molecule has 0 amide bonds. The van der Waals surface area contributed by atoms with Crippen molar-refractivity contribution in [1.29, 1.82) is 0 Å². The van der Waals surface area contributed by atoms with Crippen LogP contribution in [-0.2, 0) is 22.1 Å². The number of hydrogen-bond donors (Lipinski definition) is 2. The Balaban J connectivity index is 1.66. The maximum atomic E-state index is 14.2. The first-order valence-electron chi connectivity index (χ1n) is 9.53. The number of halogens is 1. The third-order valence-corrected chi connectivity index (χ3v) is 4.62. The van der Waals surface area contributed by atoms with Crippen LogP contribution in [0.25, 0.3) is 0 Å². The van der Waals surface area contributed by atoms with Crippen LogP contribution in [0.2, 0.25) is 0 Å². The van der Waals surface area contributed by atoms with Gasteiger partial charge in [0.15, 0.2) is 0 Å². The van der Waals surface area contributed by atoms with Crippen LogP contribution in [0.1, 0.15) is 42.4 Å². The molecule has 2 aromatic rings. The van der Waals surface area contributed by atoms with Crippen molar-refractivity contribution in [1.82, 2.24) is 5.32 Å². The summed E-state index contributed by atoms with van der Waals surface area (Å²) in [6.45, 7) is 1.38. The summed E-state index contributed by atoms with van der Waals surface area (Å²) in [6, 6.07) is 15.4. The van der Waals surface area contributed by atoms with E-state index in [0.717, 1.165) is 31.2 Å². The Kier molecular flexibility index (Phi) is 10.6. The average Bonchev–Trinajstić information content (AvgIpc) is 2.69. The molecule has 0 bridgehead atoms. The van der Waals surface area contributed by atoms with Gasteiger partial charge in [-0.3, -0.25) is 4.57 Å². The maximum Gasteiger partial charge on any atom is 0.316 e. The van der Waals surface area contributed by atoms with Gasteiger partial charge in [-0.1, -0.05) is 48.2 Å². The fourth-order valence-electron chi connectivity index (χ4n) is 2.70. The number of hydrogen-bond acceptors (Lipinski definition) is 3. The first-order chi connectivity index (χ1) is 13.6. The molecule has 0 radical (unpaired) electrons. The lowest BCUT2D eigenvalue weighted by Gasteiger charge is -2.05. The van der Waals surface area contributed by atoms with E-state index in [-0.39, 0.29) is 12.4 Å². The van der Waals surface area contributed by atoms with Gasteiger partial charge in [-0.15, -0.1) is 0 Å². The van der Waals surface area contributed by atoms with Crippen LogP contribution in [0.15, 0.2) is 48.5 Å². The van der Waals surface area contributed by atoms with Gasteiger partial charge in [-0.05, 0) is 55.5 Å². The fraction of sp³-hybridized carbons (Fsp3) is 0.364. The van der Waals surface area contributed by atoms with E-state index in [1.807, 2.05) is 24.3 Å². The van der Waals surface area contributed by atoms with Crippen LogP contribution in [0.5, 0.6) is 0 Å². The summed E-state index contributed by atoms with van der Waals surface area (Å²) < 4.78 is 29.2. The smallest absolute Gasteiger partial charge is 0.316 e. The van der Waals surface area contributed by atoms with Gasteiger partial charge in [0.05, 0.1) is 12.2 Å². The van der Waals surface area contributed by atoms with Crippen molar-refractivity contribution in [3.8, 4) is 11.8 Å². The summed E-state index contributed by atoms with van der Waals surface area (Å²) >= 11 is 0. The number of nitrogens with one attached hydrogen (secondary N) is 1. The van der Waals surface area contributed by atoms with Crippen molar-refractivity contribution < 1.29 is 18.4 Å². The van der Waals surface area contributed by atoms with Crippen molar-refractivity contribution in [2.24, 2.45) is 0 Å². The standard InChI is InChI=1S/C22H27FNO3P/c23-22-17-20(18-24-15-8-16-27-28(25)26)13-14-21(22)12-7-2-1-4-9-19-10-5-3-6-11-19/h3,5-6,10-11,13-14,17,24,28H,1-2,4,8-9,15-16,18H2,(H,25,26). The molecule has 28 heavy (non-hydrogen) atoms. The molecule has 0 aromatic heterocycles. The molecule has 0 aliphatic carbocycles. The van der Waals surface area contributed by atoms with Gasteiger partial charge < -0.3 is 14.7 Å². The van der Waals surface area contributed by atoms with E-state index in [4.69, 9.17) is 4.89 Å². The van der Waals surface area contributed by atoms with Crippen LogP contribution >= 0.6 is 8.25 Å². The minimum absolute atomic E-state index is 0.232. The van der Waals surface area contributed by atoms with Crippen LogP contribution in [-0.4, -0.2) is 18.0 Å². The Morgan fingerprint density at radius 1 is 1.07 bits per heavy atom. The van der Waals surface area contributed by atoms with E-state index in [0.29, 0.717) is 25.1 Å². The average molecular weight is 403 g/mol. The summed E-state index contributed by atoms with van der Waals surface area (Å²) in [6.07, 6.45) is 4.50. The molecule has 0 aliphatic heterocycles. The van der Waals surface area contributed by atoms with Crippen LogP contribution in [0.4, 0.5) is 4.39 Å². The number of unbranched alkanes of at least 4 members (excludes halogenated alkanes) is 2. The summed E-state index contributed by atoms with van der Waals surface area (Å²) in [5.41, 5.74) is 2.60. The Labute approximate surface area is 167 Å². The highest BCUT2D eigenvalue weighted by atomic mass is 31.1. The summed E-state index contributed by atoms with van der Waals surface area (Å²) in [7, 11) is -2.85. The predicted molar refractivity (Wildman–Crippen MR) is 111 cm³/mol. The van der Waals surface area contributed by atoms with E-state index in [2.05, 4.69) is 33.8 Å². The van der Waals surface area contributed by atoms with Gasteiger partial charge in [0.25, 0.3) is 0 Å². The third-order valence-electron chi connectivity index (χ3n) is 4.17. The predicted octanol–water partition coefficient (Wildman–Crippen LogP) is 4.47. The molecule has 0 fully saturated rings. The largest absolute Gasteiger partial charge is 0.326 e. The van der Waals surface area contributed by atoms with E-state index in [9.17, 15) is 8.96 Å². The van der Waals surface area contributed by atoms with E-state index < -0.39 is 8.25 Å². The summed E-state index contributed by atoms with van der Waals surface area (Å²) in [5.74, 6) is 5.67. The quantitative estimate of drug-likeness (QED) is 0.330. The Morgan fingerprint density at radius 2 is 1.89 bits per heavy atom. The lowest BCUT2D eigenvalue weighted by molar-refractivity contribution is 0.276. The second-order valence-electron chi connectivity index (χ2n) is 6.45. The van der Waals surface area contributed by atoms with Crippen LogP contribution in [0.3, 0.4) is 0 Å². The zero-order valence-corrected chi connectivity index (χ0v) is 16.9. The van der Waals surface area contributed by atoms with E-state index in [1.54, 1.807) is 6.07 Å². The lowest BCUT2D eigenvalue weighted by Crippen LogP contribution is -2.16. The van der Waals surface area contributed by atoms with Crippen molar-refractivity contribution >= 4 is 8.25 Å². The molecule has 0 heterocycles. The Bertz CT molecular complexity index is 802. The Morgan fingerprint density at radius 3 is 2.64 bits per heavy atom. The first kappa shape index (κ1) is 22.3. The molecule has 2 rings (SSSR count). The maximum absolute atomic E-state index is 14.2. The summed E-state index contributed by atoms with van der Waals surface area (Å²) in [4.78, 5) is 8.55. The first-order valence-corrected chi connectivity index (χ1v) is 10.8. The van der Waals surface area contributed by atoms with Crippen LogP contribution in [0, 0.1) is 17.7 Å². The van der Waals surface area contributed by atoms with Crippen molar-refractivity contribution in [3.63, 3.8) is 0 Å². The molecule has 1 atom stereocenters. The minimum Gasteiger partial charge on any atom is -0.326 e. The lowest BCUT2D eigenvalue weighted by atomic mass is 10.1. The summed E-state index contributed by atoms with van der Waals surface area (Å²) in [5, 5.41) is 3.15. The highest BCUT2D eigenvalue weighted by molar-refractivity contribution is 7.32. The minimum atomic E-state index is -2.85. The van der Waals surface area contributed by atoms with Crippen molar-refractivity contribution in [2.75, 3.05) is 13.2 Å². The number of rotatable bonds is 11. The van der Waals surface area contributed by atoms with Gasteiger partial charge in [0, 0.05) is 13.0 Å². The van der Waals surface area contributed by atoms with Crippen LogP contribution < -0.4 is 5.32 Å². The fourth-order valence-corrected chi connectivity index (χ4v) is 3.02. The second kappa shape index (κ2) is 13.3. The molecule has 0 saturated heterocycles. The SMILES string of the molecule is O=[PH](O)OCCCNCc1ccc(C#CCCCCc2ccccc2)c(F)c1. The molecule has 0 aliphatic rings. The molecule has 4 nitrogen and oxygen atoms in total. The molecular weight excluding hydrogens is 376 g/mol. The van der Waals surface area contributed by atoms with Gasteiger partial charge in [-0.2, -0.15) is 0 Å². The monoisotopic (exact) mass is 403 g/mol. The van der Waals surface area contributed by atoms with Gasteiger partial charge in [0.1, 0.15) is 5.82 Å². The molecule has 0 spiro atoms. The highest BCUT2D eigenvalue weighted by Crippen LogP contribution is 2.14. The zero-order valence-electron chi connectivity index (χ0n) is 15.9. The zero-order chi connectivity index (χ0) is 20.0. The van der Waals surface area contributed by atoms with Gasteiger partial charge in [-0.25, -0.2) is 4.39 Å². The van der Waals surface area contributed by atoms with Crippen molar-refractivity contribution in [2.45, 2.75) is 38.6 Å². The third kappa shape index (κ3) is 9.30. The number of aryl methyl sites for hydroxylation is 1. The molecular formula is C22H27FNO3P. The second-order valence-corrected chi connectivity index (χ2v) is 7.27. The highest BCUT2D eigenvalue weighted by Gasteiger charge is 2.01. The molecule has 2 aromatic carbocycles. The molecule has 2 N–H and O–H groups in total. The molecule has 0 saturated carbocycles. The molecule has 150 valence electrons.